The fraction of sp³-hybridized carbons (Fsp3) is 1.00. The zero-order valence-electron chi connectivity index (χ0n) is 8.50. The Kier molecular flexibility index (Phi) is 7.45. The molecule has 74 valence electrons. The van der Waals surface area contributed by atoms with Gasteiger partial charge in [0.25, 0.3) is 0 Å². The lowest BCUT2D eigenvalue weighted by Crippen LogP contribution is -2.24. The van der Waals surface area contributed by atoms with Gasteiger partial charge < -0.3 is 14.2 Å². The van der Waals surface area contributed by atoms with E-state index in [9.17, 15) is 0 Å². The highest BCUT2D eigenvalue weighted by Gasteiger charge is 2.10. The summed E-state index contributed by atoms with van der Waals surface area (Å²) >= 11 is 0. The first-order chi connectivity index (χ1) is 5.74. The van der Waals surface area contributed by atoms with Gasteiger partial charge in [-0.3, -0.25) is 0 Å². The van der Waals surface area contributed by atoms with Crippen molar-refractivity contribution in [2.24, 2.45) is 0 Å². The molecule has 0 aliphatic carbocycles. The molecule has 0 N–H and O–H groups in total. The molecule has 0 rings (SSSR count). The molecular formula is C9H20O3. The lowest BCUT2D eigenvalue weighted by molar-refractivity contribution is -0.164. The molecule has 0 radical (unpaired) electrons. The number of hydrogen-bond acceptors (Lipinski definition) is 3. The van der Waals surface area contributed by atoms with Gasteiger partial charge in [0.2, 0.25) is 0 Å². The van der Waals surface area contributed by atoms with E-state index in [2.05, 4.69) is 6.92 Å². The lowest BCUT2D eigenvalue weighted by Gasteiger charge is -2.20. The van der Waals surface area contributed by atoms with Crippen LogP contribution in [0.1, 0.15) is 26.7 Å². The Morgan fingerprint density at radius 1 is 1.25 bits per heavy atom. The molecule has 3 nitrogen and oxygen atoms in total. The SMILES string of the molecule is CCCC(OC)OC(C)COC. The first-order valence-corrected chi connectivity index (χ1v) is 4.41. The number of rotatable bonds is 7. The van der Waals surface area contributed by atoms with Crippen molar-refractivity contribution >= 4 is 0 Å². The first kappa shape index (κ1) is 11.9. The lowest BCUT2D eigenvalue weighted by atomic mass is 10.3. The summed E-state index contributed by atoms with van der Waals surface area (Å²) in [4.78, 5) is 0. The van der Waals surface area contributed by atoms with Gasteiger partial charge in [0.05, 0.1) is 12.7 Å². The third-order valence-corrected chi connectivity index (χ3v) is 1.57. The van der Waals surface area contributed by atoms with Crippen LogP contribution < -0.4 is 0 Å². The second-order valence-electron chi connectivity index (χ2n) is 2.86. The van der Waals surface area contributed by atoms with E-state index in [4.69, 9.17) is 14.2 Å². The van der Waals surface area contributed by atoms with E-state index in [1.54, 1.807) is 14.2 Å². The van der Waals surface area contributed by atoms with Crippen molar-refractivity contribution in [3.63, 3.8) is 0 Å². The van der Waals surface area contributed by atoms with E-state index in [-0.39, 0.29) is 12.4 Å². The van der Waals surface area contributed by atoms with E-state index in [1.165, 1.54) is 0 Å². The number of hydrogen-bond donors (Lipinski definition) is 0. The van der Waals surface area contributed by atoms with Gasteiger partial charge in [0, 0.05) is 14.2 Å². The second-order valence-corrected chi connectivity index (χ2v) is 2.86. The Bertz CT molecular complexity index is 95.8. The highest BCUT2D eigenvalue weighted by atomic mass is 16.7. The molecule has 0 aromatic heterocycles. The van der Waals surface area contributed by atoms with Gasteiger partial charge in [-0.2, -0.15) is 0 Å². The van der Waals surface area contributed by atoms with Crippen LogP contribution in [0, 0.1) is 0 Å². The predicted octanol–water partition coefficient (Wildman–Crippen LogP) is 1.81. The Hall–Kier alpha value is -0.120. The highest BCUT2D eigenvalue weighted by molar-refractivity contribution is 4.50. The van der Waals surface area contributed by atoms with Gasteiger partial charge in [0.1, 0.15) is 0 Å². The normalized spacial score (nSPS) is 16.0. The van der Waals surface area contributed by atoms with Crippen LogP contribution in [-0.2, 0) is 14.2 Å². The maximum Gasteiger partial charge on any atom is 0.157 e. The highest BCUT2D eigenvalue weighted by Crippen LogP contribution is 2.06. The Balaban J connectivity index is 3.53. The molecule has 0 saturated carbocycles. The topological polar surface area (TPSA) is 27.7 Å². The van der Waals surface area contributed by atoms with Crippen LogP contribution in [0.25, 0.3) is 0 Å². The molecule has 12 heavy (non-hydrogen) atoms. The molecule has 0 aliphatic rings. The van der Waals surface area contributed by atoms with Crippen molar-refractivity contribution in [3.8, 4) is 0 Å². The molecule has 0 aromatic carbocycles. The van der Waals surface area contributed by atoms with Crippen LogP contribution in [0.5, 0.6) is 0 Å². The Morgan fingerprint density at radius 2 is 1.92 bits per heavy atom. The maximum absolute atomic E-state index is 5.53. The van der Waals surface area contributed by atoms with Crippen molar-refractivity contribution in [3.05, 3.63) is 0 Å². The number of methoxy groups -OCH3 is 2. The molecule has 0 aliphatic heterocycles. The van der Waals surface area contributed by atoms with E-state index < -0.39 is 0 Å². The maximum atomic E-state index is 5.53. The standard InChI is InChI=1S/C9H20O3/c1-5-6-9(11-4)12-8(2)7-10-3/h8-9H,5-7H2,1-4H3. The van der Waals surface area contributed by atoms with Gasteiger partial charge in [-0.1, -0.05) is 13.3 Å². The van der Waals surface area contributed by atoms with Crippen LogP contribution >= 0.6 is 0 Å². The van der Waals surface area contributed by atoms with Gasteiger partial charge in [-0.05, 0) is 13.3 Å². The minimum atomic E-state index is -0.0832. The first-order valence-electron chi connectivity index (χ1n) is 4.41. The zero-order chi connectivity index (χ0) is 9.40. The summed E-state index contributed by atoms with van der Waals surface area (Å²) in [5, 5.41) is 0. The van der Waals surface area contributed by atoms with Crippen LogP contribution in [0.2, 0.25) is 0 Å². The summed E-state index contributed by atoms with van der Waals surface area (Å²) in [7, 11) is 3.33. The molecule has 0 amide bonds. The van der Waals surface area contributed by atoms with E-state index in [1.807, 2.05) is 6.92 Å². The quantitative estimate of drug-likeness (QED) is 0.554. The summed E-state index contributed by atoms with van der Waals surface area (Å²) in [6.07, 6.45) is 2.02. The van der Waals surface area contributed by atoms with E-state index in [0.29, 0.717) is 6.61 Å². The summed E-state index contributed by atoms with van der Waals surface area (Å²) in [6.45, 7) is 4.70. The average molecular weight is 176 g/mol. The Labute approximate surface area is 75.0 Å². The molecule has 2 unspecified atom stereocenters. The smallest absolute Gasteiger partial charge is 0.157 e. The molecule has 0 saturated heterocycles. The minimum absolute atomic E-state index is 0.0832. The molecule has 0 fully saturated rings. The summed E-state index contributed by atoms with van der Waals surface area (Å²) in [6, 6.07) is 0. The summed E-state index contributed by atoms with van der Waals surface area (Å²) < 4.78 is 15.6. The molecule has 0 bridgehead atoms. The van der Waals surface area contributed by atoms with Crippen molar-refractivity contribution in [1.82, 2.24) is 0 Å². The van der Waals surface area contributed by atoms with Crippen LogP contribution in [-0.4, -0.2) is 33.2 Å². The summed E-state index contributed by atoms with van der Waals surface area (Å²) in [5.41, 5.74) is 0. The molecule has 0 heterocycles. The second kappa shape index (κ2) is 7.53. The largest absolute Gasteiger partial charge is 0.382 e. The van der Waals surface area contributed by atoms with Gasteiger partial charge in [-0.25, -0.2) is 0 Å². The summed E-state index contributed by atoms with van der Waals surface area (Å²) in [5.74, 6) is 0. The minimum Gasteiger partial charge on any atom is -0.382 e. The fourth-order valence-electron chi connectivity index (χ4n) is 1.01. The third-order valence-electron chi connectivity index (χ3n) is 1.57. The van der Waals surface area contributed by atoms with E-state index >= 15 is 0 Å². The monoisotopic (exact) mass is 176 g/mol. The van der Waals surface area contributed by atoms with Crippen molar-refractivity contribution < 1.29 is 14.2 Å². The van der Waals surface area contributed by atoms with Crippen molar-refractivity contribution in [2.75, 3.05) is 20.8 Å². The molecule has 3 heteroatoms. The van der Waals surface area contributed by atoms with Crippen LogP contribution in [0.15, 0.2) is 0 Å². The predicted molar refractivity (Wildman–Crippen MR) is 48.1 cm³/mol. The molecule has 2 atom stereocenters. The van der Waals surface area contributed by atoms with Gasteiger partial charge in [0.15, 0.2) is 6.29 Å². The molecule has 0 spiro atoms. The zero-order valence-corrected chi connectivity index (χ0v) is 8.50. The van der Waals surface area contributed by atoms with Crippen molar-refractivity contribution in [1.29, 1.82) is 0 Å². The number of ether oxygens (including phenoxy) is 3. The van der Waals surface area contributed by atoms with Crippen LogP contribution in [0.3, 0.4) is 0 Å². The van der Waals surface area contributed by atoms with E-state index in [0.717, 1.165) is 12.8 Å². The van der Waals surface area contributed by atoms with Crippen LogP contribution in [0.4, 0.5) is 0 Å². The van der Waals surface area contributed by atoms with Gasteiger partial charge >= 0.3 is 0 Å². The third kappa shape index (κ3) is 5.52. The Morgan fingerprint density at radius 3 is 2.33 bits per heavy atom. The van der Waals surface area contributed by atoms with Crippen molar-refractivity contribution in [2.45, 2.75) is 39.1 Å². The van der Waals surface area contributed by atoms with Gasteiger partial charge in [-0.15, -0.1) is 0 Å². The fourth-order valence-corrected chi connectivity index (χ4v) is 1.01. The average Bonchev–Trinajstić information content (AvgIpc) is 2.04. The molecule has 0 aromatic rings. The molecular weight excluding hydrogens is 156 g/mol.